The maximum absolute atomic E-state index is 10.5. The Morgan fingerprint density at radius 1 is 1.55 bits per heavy atom. The van der Waals surface area contributed by atoms with Gasteiger partial charge in [0, 0.05) is 0 Å². The summed E-state index contributed by atoms with van der Waals surface area (Å²) in [6.45, 7) is 1.42. The van der Waals surface area contributed by atoms with E-state index in [4.69, 9.17) is 0 Å². The molecule has 8 heteroatoms. The summed E-state index contributed by atoms with van der Waals surface area (Å²) in [5, 5.41) is 0. The molecule has 6 nitrogen and oxygen atoms in total. The maximum atomic E-state index is 10.5. The summed E-state index contributed by atoms with van der Waals surface area (Å²) in [6.07, 6.45) is 0. The van der Waals surface area contributed by atoms with Crippen LogP contribution >= 0.6 is 0 Å². The second-order valence-corrected chi connectivity index (χ2v) is 3.63. The second kappa shape index (κ2) is 4.78. The number of hydrogen-bond acceptors (Lipinski definition) is 6. The van der Waals surface area contributed by atoms with Gasteiger partial charge >= 0.3 is 0 Å². The van der Waals surface area contributed by atoms with Crippen LogP contribution in [0, 0.1) is 0 Å². The van der Waals surface area contributed by atoms with E-state index < -0.39 is 27.4 Å². The van der Waals surface area contributed by atoms with Gasteiger partial charge in [0.2, 0.25) is 0 Å². The Balaban J connectivity index is 3.84. The molecule has 0 N–H and O–H groups in total. The van der Waals surface area contributed by atoms with E-state index in [1.807, 2.05) is 0 Å². The van der Waals surface area contributed by atoms with Crippen LogP contribution in [-0.4, -0.2) is 29.7 Å². The second-order valence-electron chi connectivity index (χ2n) is 1.40. The van der Waals surface area contributed by atoms with Gasteiger partial charge < -0.3 is 4.55 Å². The van der Waals surface area contributed by atoms with Crippen LogP contribution in [0.4, 0.5) is 0 Å². The summed E-state index contributed by atoms with van der Waals surface area (Å²) in [6, 6.07) is 0. The van der Waals surface area contributed by atoms with Crippen molar-refractivity contribution in [3.8, 4) is 0 Å². The van der Waals surface area contributed by atoms with Gasteiger partial charge in [0.15, 0.2) is 5.94 Å². The van der Waals surface area contributed by atoms with Crippen LogP contribution in [0.25, 0.3) is 0 Å². The zero-order chi connectivity index (χ0) is 8.91. The molecule has 0 saturated heterocycles. The van der Waals surface area contributed by atoms with E-state index in [1.165, 1.54) is 6.92 Å². The third kappa shape index (κ3) is 6.38. The first-order valence-corrected chi connectivity index (χ1v) is 5.15. The monoisotopic (exact) mass is 203 g/mol. The lowest BCUT2D eigenvalue weighted by molar-refractivity contribution is 0.292. The molecule has 0 amide bonds. The average molecular weight is 203 g/mol. The SMILES string of the molecule is CCOS(=O)(=O)COS(=O)[O-]. The lowest BCUT2D eigenvalue weighted by Gasteiger charge is -2.05. The zero-order valence-corrected chi connectivity index (χ0v) is 7.31. The molecule has 68 valence electrons. The van der Waals surface area contributed by atoms with Crippen LogP contribution in [0.2, 0.25) is 0 Å². The van der Waals surface area contributed by atoms with Gasteiger partial charge in [-0.2, -0.15) is 8.42 Å². The molecule has 0 aromatic rings. The van der Waals surface area contributed by atoms with Crippen molar-refractivity contribution in [3.63, 3.8) is 0 Å². The van der Waals surface area contributed by atoms with Gasteiger partial charge in [-0.1, -0.05) is 0 Å². The van der Waals surface area contributed by atoms with Crippen LogP contribution in [0.3, 0.4) is 0 Å². The molecule has 0 aliphatic carbocycles. The Hall–Kier alpha value is -0.0200. The molecule has 0 bridgehead atoms. The third-order valence-electron chi connectivity index (χ3n) is 0.586. The normalized spacial score (nSPS) is 14.7. The molecule has 0 saturated carbocycles. The molecule has 0 aromatic carbocycles. The van der Waals surface area contributed by atoms with E-state index in [-0.39, 0.29) is 6.61 Å². The molecule has 0 rings (SSSR count). The first-order chi connectivity index (χ1) is 4.98. The van der Waals surface area contributed by atoms with E-state index in [2.05, 4.69) is 8.37 Å². The van der Waals surface area contributed by atoms with Gasteiger partial charge in [0.25, 0.3) is 10.1 Å². The molecule has 0 spiro atoms. The Bertz CT molecular complexity index is 218. The summed E-state index contributed by atoms with van der Waals surface area (Å²) < 4.78 is 48.4. The average Bonchev–Trinajstić information content (AvgIpc) is 1.84. The van der Waals surface area contributed by atoms with Crippen LogP contribution in [-0.2, 0) is 29.8 Å². The summed E-state index contributed by atoms with van der Waals surface area (Å²) in [5.74, 6) is -0.975. The van der Waals surface area contributed by atoms with Crippen LogP contribution < -0.4 is 0 Å². The van der Waals surface area contributed by atoms with Crippen molar-refractivity contribution in [2.24, 2.45) is 0 Å². The maximum Gasteiger partial charge on any atom is 0.293 e. The van der Waals surface area contributed by atoms with Gasteiger partial charge in [0.1, 0.15) is 0 Å². The highest BCUT2D eigenvalue weighted by atomic mass is 32.2. The fourth-order valence-electron chi connectivity index (χ4n) is 0.312. The fraction of sp³-hybridized carbons (Fsp3) is 1.00. The van der Waals surface area contributed by atoms with E-state index in [0.29, 0.717) is 0 Å². The van der Waals surface area contributed by atoms with Gasteiger partial charge in [0.05, 0.1) is 18.0 Å². The molecule has 0 radical (unpaired) electrons. The van der Waals surface area contributed by atoms with Crippen molar-refractivity contribution in [2.45, 2.75) is 6.92 Å². The highest BCUT2D eigenvalue weighted by Gasteiger charge is 2.09. The summed E-state index contributed by atoms with van der Waals surface area (Å²) in [7, 11) is -3.84. The van der Waals surface area contributed by atoms with E-state index >= 15 is 0 Å². The lowest BCUT2D eigenvalue weighted by Crippen LogP contribution is -2.13. The highest BCUT2D eigenvalue weighted by molar-refractivity contribution is 7.87. The smallest absolute Gasteiger partial charge is 0.293 e. The van der Waals surface area contributed by atoms with E-state index in [0.717, 1.165) is 0 Å². The molecule has 1 atom stereocenters. The highest BCUT2D eigenvalue weighted by Crippen LogP contribution is 1.94. The molecule has 0 fully saturated rings. The fourth-order valence-corrected chi connectivity index (χ4v) is 1.52. The molecular formula is C3H7O6S2-. The standard InChI is InChI=1S/C3H8O6S2/c1-2-9-11(6,7)3-8-10(4)5/h2-3H2,1H3,(H,4,5)/p-1. The quantitative estimate of drug-likeness (QED) is 0.425. The third-order valence-corrected chi connectivity index (χ3v) is 2.05. The molecule has 0 aliphatic heterocycles. The van der Waals surface area contributed by atoms with E-state index in [9.17, 15) is 17.2 Å². The first kappa shape index (κ1) is 11.0. The molecular weight excluding hydrogens is 196 g/mol. The van der Waals surface area contributed by atoms with Crippen LogP contribution in [0.15, 0.2) is 0 Å². The Morgan fingerprint density at radius 2 is 2.09 bits per heavy atom. The van der Waals surface area contributed by atoms with Crippen molar-refractivity contribution in [1.29, 1.82) is 0 Å². The summed E-state index contributed by atoms with van der Waals surface area (Å²) in [4.78, 5) is 0. The Kier molecular flexibility index (Phi) is 4.77. The van der Waals surface area contributed by atoms with Crippen molar-refractivity contribution < 1.29 is 25.5 Å². The van der Waals surface area contributed by atoms with Crippen LogP contribution in [0.5, 0.6) is 0 Å². The summed E-state index contributed by atoms with van der Waals surface area (Å²) >= 11 is -2.82. The summed E-state index contributed by atoms with van der Waals surface area (Å²) in [5.41, 5.74) is 0. The number of rotatable bonds is 5. The minimum absolute atomic E-state index is 0.0445. The lowest BCUT2D eigenvalue weighted by atomic mass is 10.9. The Morgan fingerprint density at radius 3 is 2.45 bits per heavy atom. The van der Waals surface area contributed by atoms with Crippen molar-refractivity contribution in [1.82, 2.24) is 0 Å². The van der Waals surface area contributed by atoms with Gasteiger partial charge in [-0.3, -0.25) is 8.37 Å². The van der Waals surface area contributed by atoms with Gasteiger partial charge in [-0.05, 0) is 6.92 Å². The van der Waals surface area contributed by atoms with Crippen molar-refractivity contribution in [3.05, 3.63) is 0 Å². The predicted molar refractivity (Wildman–Crippen MR) is 35.4 cm³/mol. The van der Waals surface area contributed by atoms with Crippen LogP contribution in [0.1, 0.15) is 6.92 Å². The largest absolute Gasteiger partial charge is 0.750 e. The molecule has 11 heavy (non-hydrogen) atoms. The Labute approximate surface area is 67.1 Å². The molecule has 0 aliphatic rings. The van der Waals surface area contributed by atoms with Gasteiger partial charge in [-0.25, -0.2) is 4.21 Å². The van der Waals surface area contributed by atoms with Crippen molar-refractivity contribution >= 4 is 21.5 Å². The molecule has 0 aromatic heterocycles. The van der Waals surface area contributed by atoms with E-state index in [1.54, 1.807) is 0 Å². The minimum Gasteiger partial charge on any atom is -0.750 e. The van der Waals surface area contributed by atoms with Crippen molar-refractivity contribution in [2.75, 3.05) is 12.5 Å². The topological polar surface area (TPSA) is 92.7 Å². The number of hydrogen-bond donors (Lipinski definition) is 0. The molecule has 0 heterocycles. The molecule has 1 unspecified atom stereocenters. The van der Waals surface area contributed by atoms with Gasteiger partial charge in [-0.15, -0.1) is 0 Å². The zero-order valence-electron chi connectivity index (χ0n) is 5.68. The first-order valence-electron chi connectivity index (χ1n) is 2.57. The predicted octanol–water partition coefficient (Wildman–Crippen LogP) is -0.879. The minimum atomic E-state index is -3.84.